The van der Waals surface area contributed by atoms with Gasteiger partial charge < -0.3 is 5.32 Å². The van der Waals surface area contributed by atoms with Gasteiger partial charge in [0.05, 0.1) is 20.7 Å². The largest absolute Gasteiger partial charge is 0.321 e. The number of nitrogens with one attached hydrogen (secondary N) is 1. The van der Waals surface area contributed by atoms with Crippen molar-refractivity contribution < 1.29 is 13.2 Å². The number of carbonyl (C=O) groups is 1. The Hall–Kier alpha value is -1.57. The summed E-state index contributed by atoms with van der Waals surface area (Å²) in [6.45, 7) is 2.15. The highest BCUT2D eigenvalue weighted by Crippen LogP contribution is 2.32. The van der Waals surface area contributed by atoms with Gasteiger partial charge in [0.25, 0.3) is 5.91 Å². The van der Waals surface area contributed by atoms with Gasteiger partial charge in [-0.1, -0.05) is 11.6 Å². The monoisotopic (exact) mass is 384 g/mol. The van der Waals surface area contributed by atoms with Crippen LogP contribution in [0.2, 0.25) is 4.34 Å². The third kappa shape index (κ3) is 3.43. The van der Waals surface area contributed by atoms with Crippen molar-refractivity contribution in [2.45, 2.75) is 19.8 Å². The molecule has 3 rings (SSSR count). The summed E-state index contributed by atoms with van der Waals surface area (Å²) in [6, 6.07) is 8.70. The first-order valence-corrected chi connectivity index (χ1v) is 10.4. The molecule has 1 aromatic heterocycles. The van der Waals surface area contributed by atoms with Crippen molar-refractivity contribution in [1.29, 1.82) is 0 Å². The van der Waals surface area contributed by atoms with Crippen molar-refractivity contribution in [2.24, 2.45) is 0 Å². The van der Waals surface area contributed by atoms with Crippen molar-refractivity contribution in [1.82, 2.24) is 0 Å². The molecule has 1 N–H and O–H groups in total. The second-order valence-electron chi connectivity index (χ2n) is 5.48. The molecule has 1 aromatic carbocycles. The average molecular weight is 385 g/mol. The molecule has 0 radical (unpaired) electrons. The van der Waals surface area contributed by atoms with Gasteiger partial charge in [0.15, 0.2) is 0 Å². The molecular formula is C16H17ClN2O3S2. The Bertz CT molecular complexity index is 877. The molecule has 8 heteroatoms. The quantitative estimate of drug-likeness (QED) is 0.872. The summed E-state index contributed by atoms with van der Waals surface area (Å²) in [5.41, 5.74) is 2.29. The van der Waals surface area contributed by atoms with Crippen LogP contribution in [0.3, 0.4) is 0 Å². The Morgan fingerprint density at radius 2 is 2.12 bits per heavy atom. The first-order valence-electron chi connectivity index (χ1n) is 7.61. The van der Waals surface area contributed by atoms with E-state index in [0.29, 0.717) is 27.1 Å². The van der Waals surface area contributed by atoms with Gasteiger partial charge in [-0.25, -0.2) is 8.42 Å². The molecule has 0 unspecified atom stereocenters. The number of halogens is 1. The van der Waals surface area contributed by atoms with Crippen LogP contribution in [0.25, 0.3) is 0 Å². The van der Waals surface area contributed by atoms with E-state index in [1.165, 1.54) is 15.6 Å². The van der Waals surface area contributed by atoms with Gasteiger partial charge in [-0.05, 0) is 55.7 Å². The summed E-state index contributed by atoms with van der Waals surface area (Å²) in [6.07, 6.45) is 1.56. The van der Waals surface area contributed by atoms with Crippen LogP contribution in [0.15, 0.2) is 30.3 Å². The molecule has 2 aromatic rings. The smallest absolute Gasteiger partial charge is 0.265 e. The minimum atomic E-state index is -3.28. The van der Waals surface area contributed by atoms with Crippen LogP contribution in [0.4, 0.5) is 11.4 Å². The van der Waals surface area contributed by atoms with Gasteiger partial charge in [0.1, 0.15) is 0 Å². The van der Waals surface area contributed by atoms with E-state index in [9.17, 15) is 13.2 Å². The molecule has 0 fully saturated rings. The van der Waals surface area contributed by atoms with Crippen molar-refractivity contribution in [3.8, 4) is 0 Å². The number of amides is 1. The fraction of sp³-hybridized carbons (Fsp3) is 0.312. The van der Waals surface area contributed by atoms with Gasteiger partial charge in [-0.2, -0.15) is 0 Å². The van der Waals surface area contributed by atoms with Crippen molar-refractivity contribution in [2.75, 3.05) is 21.9 Å². The number of benzene rings is 1. The maximum atomic E-state index is 12.2. The average Bonchev–Trinajstić information content (AvgIpc) is 3.00. The summed E-state index contributed by atoms with van der Waals surface area (Å²) < 4.78 is 26.5. The van der Waals surface area contributed by atoms with E-state index in [2.05, 4.69) is 5.32 Å². The number of thiophene rings is 1. The summed E-state index contributed by atoms with van der Waals surface area (Å²) in [4.78, 5) is 12.7. The van der Waals surface area contributed by atoms with Gasteiger partial charge in [0, 0.05) is 12.2 Å². The van der Waals surface area contributed by atoms with Crippen LogP contribution >= 0.6 is 22.9 Å². The van der Waals surface area contributed by atoms with Crippen LogP contribution in [0.5, 0.6) is 0 Å². The molecular weight excluding hydrogens is 368 g/mol. The first kappa shape index (κ1) is 17.3. The SMILES string of the molecule is CCS(=O)(=O)N1CCCc2cc(NC(=O)c3ccc(Cl)s3)ccc21. The van der Waals surface area contributed by atoms with Gasteiger partial charge in [0.2, 0.25) is 10.0 Å². The lowest BCUT2D eigenvalue weighted by molar-refractivity contribution is 0.103. The molecule has 0 bridgehead atoms. The van der Waals surface area contributed by atoms with Crippen LogP contribution in [0.1, 0.15) is 28.6 Å². The summed E-state index contributed by atoms with van der Waals surface area (Å²) in [7, 11) is -3.28. The highest BCUT2D eigenvalue weighted by atomic mass is 35.5. The highest BCUT2D eigenvalue weighted by Gasteiger charge is 2.26. The molecule has 128 valence electrons. The zero-order chi connectivity index (χ0) is 17.3. The van der Waals surface area contributed by atoms with Crippen molar-refractivity contribution in [3.05, 3.63) is 45.1 Å². The molecule has 1 amide bonds. The highest BCUT2D eigenvalue weighted by molar-refractivity contribution is 7.92. The predicted octanol–water partition coefficient (Wildman–Crippen LogP) is 3.76. The zero-order valence-corrected chi connectivity index (χ0v) is 15.5. The van der Waals surface area contributed by atoms with E-state index in [1.54, 1.807) is 31.2 Å². The first-order chi connectivity index (χ1) is 11.4. The normalized spacial score (nSPS) is 14.3. The molecule has 24 heavy (non-hydrogen) atoms. The molecule has 0 aliphatic carbocycles. The Morgan fingerprint density at radius 1 is 1.33 bits per heavy atom. The van der Waals surface area contributed by atoms with E-state index in [4.69, 9.17) is 11.6 Å². The Kier molecular flexibility index (Phi) is 4.85. The molecule has 1 aliphatic rings. The molecule has 0 saturated carbocycles. The summed E-state index contributed by atoms with van der Waals surface area (Å²) in [5, 5.41) is 2.83. The van der Waals surface area contributed by atoms with E-state index in [1.807, 2.05) is 6.07 Å². The van der Waals surface area contributed by atoms with Gasteiger partial charge in [-0.15, -0.1) is 11.3 Å². The number of rotatable bonds is 4. The Morgan fingerprint density at radius 3 is 2.79 bits per heavy atom. The molecule has 0 atom stereocenters. The van der Waals surface area contributed by atoms with Crippen LogP contribution in [-0.4, -0.2) is 26.6 Å². The third-order valence-electron chi connectivity index (χ3n) is 3.91. The van der Waals surface area contributed by atoms with Gasteiger partial charge >= 0.3 is 0 Å². The van der Waals surface area contributed by atoms with E-state index in [-0.39, 0.29) is 11.7 Å². The third-order valence-corrected chi connectivity index (χ3v) is 6.92. The fourth-order valence-corrected chi connectivity index (χ4v) is 4.85. The maximum absolute atomic E-state index is 12.2. The second-order valence-corrected chi connectivity index (χ2v) is 9.37. The number of anilines is 2. The van der Waals surface area contributed by atoms with E-state index >= 15 is 0 Å². The second kappa shape index (κ2) is 6.74. The Balaban J connectivity index is 1.85. The number of sulfonamides is 1. The number of hydrogen-bond acceptors (Lipinski definition) is 4. The number of hydrogen-bond donors (Lipinski definition) is 1. The van der Waals surface area contributed by atoms with Crippen LogP contribution in [-0.2, 0) is 16.4 Å². The van der Waals surface area contributed by atoms with Gasteiger partial charge in [-0.3, -0.25) is 9.10 Å². The number of nitrogens with zero attached hydrogens (tertiary/aromatic N) is 1. The minimum absolute atomic E-state index is 0.0735. The predicted molar refractivity (Wildman–Crippen MR) is 98.9 cm³/mol. The summed E-state index contributed by atoms with van der Waals surface area (Å²) in [5.74, 6) is -0.148. The zero-order valence-electron chi connectivity index (χ0n) is 13.1. The topological polar surface area (TPSA) is 66.5 Å². The number of fused-ring (bicyclic) bond motifs is 1. The van der Waals surface area contributed by atoms with E-state index in [0.717, 1.165) is 18.4 Å². The molecule has 0 spiro atoms. The maximum Gasteiger partial charge on any atom is 0.265 e. The lowest BCUT2D eigenvalue weighted by Crippen LogP contribution is -2.36. The molecule has 2 heterocycles. The minimum Gasteiger partial charge on any atom is -0.321 e. The van der Waals surface area contributed by atoms with E-state index < -0.39 is 10.0 Å². The van der Waals surface area contributed by atoms with Crippen molar-refractivity contribution in [3.63, 3.8) is 0 Å². The lowest BCUT2D eigenvalue weighted by atomic mass is 10.0. The molecule has 0 saturated heterocycles. The van der Waals surface area contributed by atoms with Crippen LogP contribution < -0.4 is 9.62 Å². The standard InChI is InChI=1S/C16H17ClN2O3S2/c1-2-24(21,22)19-9-3-4-11-10-12(5-6-13(11)19)18-16(20)14-7-8-15(17)23-14/h5-8,10H,2-4,9H2,1H3,(H,18,20). The lowest BCUT2D eigenvalue weighted by Gasteiger charge is -2.30. The number of carbonyl (C=O) groups excluding carboxylic acids is 1. The number of aryl methyl sites for hydroxylation is 1. The van der Waals surface area contributed by atoms with Crippen molar-refractivity contribution >= 4 is 50.2 Å². The Labute approximate surface area is 150 Å². The van der Waals surface area contributed by atoms with Crippen LogP contribution in [0, 0.1) is 0 Å². The molecule has 5 nitrogen and oxygen atoms in total. The molecule has 1 aliphatic heterocycles. The summed E-state index contributed by atoms with van der Waals surface area (Å²) >= 11 is 7.07. The fourth-order valence-electron chi connectivity index (χ4n) is 2.71.